The molecular formula is C25H31N5O3. The number of hydrogen-bond donors (Lipinski definition) is 2. The van der Waals surface area contributed by atoms with Crippen molar-refractivity contribution in [3.8, 4) is 0 Å². The highest BCUT2D eigenvalue weighted by Gasteiger charge is 2.54. The lowest BCUT2D eigenvalue weighted by molar-refractivity contribution is -0.137. The Kier molecular flexibility index (Phi) is 6.53. The Bertz CT molecular complexity index is 1020. The fourth-order valence-corrected chi connectivity index (χ4v) is 4.74. The zero-order valence-corrected chi connectivity index (χ0v) is 19.2. The SMILES string of the molecule is CCNC(=O)CN1CN(c2ccccc2)C2(CCN(C(=O)Nc3ccccc3C)CC2)C1=O. The van der Waals surface area contributed by atoms with Gasteiger partial charge in [0.15, 0.2) is 0 Å². The maximum atomic E-state index is 13.6. The second kappa shape index (κ2) is 9.52. The van der Waals surface area contributed by atoms with E-state index >= 15 is 0 Å². The molecule has 2 aromatic carbocycles. The monoisotopic (exact) mass is 449 g/mol. The molecule has 1 spiro atoms. The summed E-state index contributed by atoms with van der Waals surface area (Å²) < 4.78 is 0. The molecule has 2 fully saturated rings. The average molecular weight is 450 g/mol. The summed E-state index contributed by atoms with van der Waals surface area (Å²) in [5.74, 6) is -0.206. The summed E-state index contributed by atoms with van der Waals surface area (Å²) in [5, 5.41) is 5.76. The van der Waals surface area contributed by atoms with Crippen LogP contribution in [0.1, 0.15) is 25.3 Å². The van der Waals surface area contributed by atoms with E-state index in [1.54, 1.807) is 9.80 Å². The lowest BCUT2D eigenvalue weighted by atomic mass is 9.85. The topological polar surface area (TPSA) is 85.0 Å². The number of carbonyl (C=O) groups excluding carboxylic acids is 3. The second-order valence-corrected chi connectivity index (χ2v) is 8.63. The van der Waals surface area contributed by atoms with E-state index in [1.807, 2.05) is 68.4 Å². The van der Waals surface area contributed by atoms with Gasteiger partial charge in [0.05, 0.1) is 6.67 Å². The fraction of sp³-hybridized carbons (Fsp3) is 0.400. The van der Waals surface area contributed by atoms with Gasteiger partial charge in [-0.25, -0.2) is 4.79 Å². The minimum absolute atomic E-state index is 0.0369. The number of likely N-dealkylation sites (N-methyl/N-ethyl adjacent to an activating group) is 1. The van der Waals surface area contributed by atoms with E-state index in [9.17, 15) is 14.4 Å². The summed E-state index contributed by atoms with van der Waals surface area (Å²) in [5.41, 5.74) is 1.98. The number of nitrogens with zero attached hydrogens (tertiary/aromatic N) is 3. The minimum Gasteiger partial charge on any atom is -0.355 e. The van der Waals surface area contributed by atoms with Crippen molar-refractivity contribution in [2.24, 2.45) is 0 Å². The number of benzene rings is 2. The number of urea groups is 1. The lowest BCUT2D eigenvalue weighted by Crippen LogP contribution is -2.58. The summed E-state index contributed by atoms with van der Waals surface area (Å²) in [6.45, 7) is 5.66. The molecule has 2 aromatic rings. The minimum atomic E-state index is -0.757. The largest absolute Gasteiger partial charge is 0.355 e. The Hall–Kier alpha value is -3.55. The Balaban J connectivity index is 1.51. The molecule has 2 aliphatic rings. The van der Waals surface area contributed by atoms with Gasteiger partial charge >= 0.3 is 6.03 Å². The first-order chi connectivity index (χ1) is 15.9. The zero-order valence-electron chi connectivity index (χ0n) is 19.2. The predicted octanol–water partition coefficient (Wildman–Crippen LogP) is 2.80. The van der Waals surface area contributed by atoms with Crippen LogP contribution in [0.2, 0.25) is 0 Å². The molecule has 174 valence electrons. The molecule has 8 nitrogen and oxygen atoms in total. The summed E-state index contributed by atoms with van der Waals surface area (Å²) >= 11 is 0. The van der Waals surface area contributed by atoms with Gasteiger partial charge in [-0.1, -0.05) is 36.4 Å². The predicted molar refractivity (Wildman–Crippen MR) is 128 cm³/mol. The van der Waals surface area contributed by atoms with Crippen molar-refractivity contribution < 1.29 is 14.4 Å². The molecule has 33 heavy (non-hydrogen) atoms. The molecule has 2 saturated heterocycles. The number of carbonyl (C=O) groups is 3. The van der Waals surface area contributed by atoms with Crippen molar-refractivity contribution in [1.82, 2.24) is 15.1 Å². The number of piperidine rings is 1. The zero-order chi connectivity index (χ0) is 23.4. The smallest absolute Gasteiger partial charge is 0.321 e. The fourth-order valence-electron chi connectivity index (χ4n) is 4.74. The first-order valence-corrected chi connectivity index (χ1v) is 11.4. The van der Waals surface area contributed by atoms with Crippen LogP contribution in [0.5, 0.6) is 0 Å². The van der Waals surface area contributed by atoms with Crippen LogP contribution in [0.3, 0.4) is 0 Å². The molecule has 2 N–H and O–H groups in total. The molecule has 0 radical (unpaired) electrons. The van der Waals surface area contributed by atoms with Crippen LogP contribution in [0.15, 0.2) is 54.6 Å². The van der Waals surface area contributed by atoms with Crippen LogP contribution >= 0.6 is 0 Å². The summed E-state index contributed by atoms with van der Waals surface area (Å²) in [4.78, 5) is 44.2. The van der Waals surface area contributed by atoms with E-state index in [4.69, 9.17) is 0 Å². The standard InChI is InChI=1S/C25H31N5O3/c1-3-26-22(31)17-29-18-30(20-10-5-4-6-11-20)25(23(29)32)13-15-28(16-14-25)24(33)27-21-12-8-7-9-19(21)2/h4-12H,3,13-18H2,1-2H3,(H,26,31)(H,27,33). The molecule has 4 amide bonds. The van der Waals surface area contributed by atoms with Gasteiger partial charge in [0, 0.05) is 31.0 Å². The van der Waals surface area contributed by atoms with Gasteiger partial charge in [0.1, 0.15) is 12.1 Å². The normalized spacial score (nSPS) is 17.4. The van der Waals surface area contributed by atoms with Crippen molar-refractivity contribution >= 4 is 29.2 Å². The van der Waals surface area contributed by atoms with E-state index < -0.39 is 5.54 Å². The van der Waals surface area contributed by atoms with Gasteiger partial charge in [-0.15, -0.1) is 0 Å². The lowest BCUT2D eigenvalue weighted by Gasteiger charge is -2.43. The first kappa shape index (κ1) is 22.6. The van der Waals surface area contributed by atoms with Crippen LogP contribution in [-0.2, 0) is 9.59 Å². The second-order valence-electron chi connectivity index (χ2n) is 8.63. The number of likely N-dealkylation sites (tertiary alicyclic amines) is 1. The van der Waals surface area contributed by atoms with Crippen molar-refractivity contribution in [2.45, 2.75) is 32.2 Å². The van der Waals surface area contributed by atoms with Gasteiger partial charge in [0.2, 0.25) is 5.91 Å². The van der Waals surface area contributed by atoms with Crippen molar-refractivity contribution in [2.75, 3.05) is 43.1 Å². The summed E-state index contributed by atoms with van der Waals surface area (Å²) in [6.07, 6.45) is 1.02. The number of para-hydroxylation sites is 2. The van der Waals surface area contributed by atoms with Crippen molar-refractivity contribution in [3.63, 3.8) is 0 Å². The Labute approximate surface area is 194 Å². The Morgan fingerprint density at radius 2 is 1.67 bits per heavy atom. The van der Waals surface area contributed by atoms with Gasteiger partial charge in [-0.2, -0.15) is 0 Å². The maximum absolute atomic E-state index is 13.6. The number of hydrogen-bond acceptors (Lipinski definition) is 4. The van der Waals surface area contributed by atoms with Crippen molar-refractivity contribution in [3.05, 3.63) is 60.2 Å². The third-order valence-electron chi connectivity index (χ3n) is 6.55. The van der Waals surface area contributed by atoms with Gasteiger partial charge in [-0.05, 0) is 50.5 Å². The molecule has 0 aliphatic carbocycles. The van der Waals surface area contributed by atoms with E-state index in [1.165, 1.54) is 0 Å². The van der Waals surface area contributed by atoms with E-state index in [2.05, 4.69) is 15.5 Å². The van der Waals surface area contributed by atoms with E-state index in [0.29, 0.717) is 39.1 Å². The van der Waals surface area contributed by atoms with Gasteiger partial charge in [0.25, 0.3) is 5.91 Å². The third kappa shape index (κ3) is 4.51. The number of aryl methyl sites for hydroxylation is 1. The van der Waals surface area contributed by atoms with Gasteiger partial charge in [-0.3, -0.25) is 9.59 Å². The third-order valence-corrected chi connectivity index (χ3v) is 6.55. The molecule has 8 heteroatoms. The molecule has 0 atom stereocenters. The molecule has 2 aliphatic heterocycles. The quantitative estimate of drug-likeness (QED) is 0.735. The number of nitrogens with one attached hydrogen (secondary N) is 2. The first-order valence-electron chi connectivity index (χ1n) is 11.4. The molecule has 0 aromatic heterocycles. The highest BCUT2D eigenvalue weighted by molar-refractivity contribution is 5.97. The molecule has 0 saturated carbocycles. The molecule has 4 rings (SSSR count). The highest BCUT2D eigenvalue weighted by Crippen LogP contribution is 2.39. The summed E-state index contributed by atoms with van der Waals surface area (Å²) in [6, 6.07) is 17.3. The maximum Gasteiger partial charge on any atom is 0.321 e. The number of amides is 4. The number of rotatable bonds is 5. The van der Waals surface area contributed by atoms with Gasteiger partial charge < -0.3 is 25.3 Å². The van der Waals surface area contributed by atoms with Crippen LogP contribution in [0, 0.1) is 6.92 Å². The van der Waals surface area contributed by atoms with Crippen LogP contribution < -0.4 is 15.5 Å². The summed E-state index contributed by atoms with van der Waals surface area (Å²) in [7, 11) is 0. The Morgan fingerprint density at radius 1 is 1.00 bits per heavy atom. The van der Waals surface area contributed by atoms with E-state index in [-0.39, 0.29) is 24.4 Å². The molecule has 0 unspecified atom stereocenters. The number of anilines is 2. The van der Waals surface area contributed by atoms with Crippen LogP contribution in [0.4, 0.5) is 16.2 Å². The average Bonchev–Trinajstić information content (AvgIpc) is 3.08. The molecule has 0 bridgehead atoms. The van der Waals surface area contributed by atoms with E-state index in [0.717, 1.165) is 16.9 Å². The van der Waals surface area contributed by atoms with Crippen molar-refractivity contribution in [1.29, 1.82) is 0 Å². The molecular weight excluding hydrogens is 418 g/mol. The van der Waals surface area contributed by atoms with Crippen LogP contribution in [0.25, 0.3) is 0 Å². The highest BCUT2D eigenvalue weighted by atomic mass is 16.2. The van der Waals surface area contributed by atoms with Crippen LogP contribution in [-0.4, -0.2) is 66.0 Å². The molecule has 2 heterocycles. The Morgan fingerprint density at radius 3 is 2.33 bits per heavy atom.